The molecule has 0 bridgehead atoms. The molecule has 0 spiro atoms. The summed E-state index contributed by atoms with van der Waals surface area (Å²) in [5.41, 5.74) is -0.377. The third-order valence-corrected chi connectivity index (χ3v) is 5.43. The first kappa shape index (κ1) is 18.8. The standard InChI is InChI=1S/C15H30O3S/c1-8-14(6,9-2)17-13(16)12(5)18-19-15(7,10-3)11-4/h12H,8-11H2,1-7H3. The Morgan fingerprint density at radius 2 is 1.53 bits per heavy atom. The van der Waals surface area contributed by atoms with Crippen LogP contribution in [0.1, 0.15) is 74.1 Å². The molecule has 4 heteroatoms. The molecular formula is C15H30O3S. The molecular weight excluding hydrogens is 260 g/mol. The number of carbonyl (C=O) groups is 1. The number of hydrogen-bond donors (Lipinski definition) is 0. The molecule has 1 atom stereocenters. The molecule has 0 aliphatic rings. The van der Waals surface area contributed by atoms with Gasteiger partial charge in [0.05, 0.1) is 0 Å². The third kappa shape index (κ3) is 6.17. The van der Waals surface area contributed by atoms with Crippen LogP contribution in [-0.4, -0.2) is 22.4 Å². The van der Waals surface area contributed by atoms with Crippen molar-refractivity contribution in [2.45, 2.75) is 90.6 Å². The summed E-state index contributed by atoms with van der Waals surface area (Å²) in [7, 11) is 0. The fraction of sp³-hybridized carbons (Fsp3) is 0.933. The fourth-order valence-corrected chi connectivity index (χ4v) is 2.01. The Kier molecular flexibility index (Phi) is 8.06. The first-order valence-electron chi connectivity index (χ1n) is 7.33. The van der Waals surface area contributed by atoms with Gasteiger partial charge in [-0.25, -0.2) is 4.79 Å². The Bertz CT molecular complexity index is 271. The molecule has 0 aromatic heterocycles. The topological polar surface area (TPSA) is 35.5 Å². The van der Waals surface area contributed by atoms with E-state index in [0.29, 0.717) is 0 Å². The summed E-state index contributed by atoms with van der Waals surface area (Å²) in [6.45, 7) is 14.2. The van der Waals surface area contributed by atoms with Gasteiger partial charge in [-0.2, -0.15) is 0 Å². The quantitative estimate of drug-likeness (QED) is 0.454. The lowest BCUT2D eigenvalue weighted by molar-refractivity contribution is -0.166. The molecule has 0 aromatic rings. The van der Waals surface area contributed by atoms with E-state index in [1.807, 2.05) is 20.8 Å². The van der Waals surface area contributed by atoms with Gasteiger partial charge in [0.2, 0.25) is 0 Å². The van der Waals surface area contributed by atoms with Crippen LogP contribution in [0.3, 0.4) is 0 Å². The zero-order valence-electron chi connectivity index (χ0n) is 13.5. The predicted octanol–water partition coefficient (Wildman–Crippen LogP) is 4.74. The number of rotatable bonds is 9. The molecule has 0 fully saturated rings. The van der Waals surface area contributed by atoms with E-state index in [2.05, 4.69) is 20.8 Å². The van der Waals surface area contributed by atoms with Gasteiger partial charge in [0.1, 0.15) is 5.60 Å². The minimum absolute atomic E-state index is 0.0629. The van der Waals surface area contributed by atoms with Crippen molar-refractivity contribution in [1.82, 2.24) is 0 Å². The minimum Gasteiger partial charge on any atom is -0.457 e. The van der Waals surface area contributed by atoms with Gasteiger partial charge in [-0.15, -0.1) is 0 Å². The molecule has 0 saturated carbocycles. The van der Waals surface area contributed by atoms with E-state index in [4.69, 9.17) is 8.92 Å². The Hall–Kier alpha value is -0.220. The maximum Gasteiger partial charge on any atom is 0.336 e. The van der Waals surface area contributed by atoms with Gasteiger partial charge in [0.15, 0.2) is 6.10 Å². The van der Waals surface area contributed by atoms with Crippen molar-refractivity contribution in [2.24, 2.45) is 0 Å². The summed E-state index contributed by atoms with van der Waals surface area (Å²) < 4.78 is 11.2. The van der Waals surface area contributed by atoms with E-state index in [9.17, 15) is 4.79 Å². The van der Waals surface area contributed by atoms with Gasteiger partial charge in [-0.3, -0.25) is 0 Å². The van der Waals surface area contributed by atoms with E-state index in [1.54, 1.807) is 6.92 Å². The highest BCUT2D eigenvalue weighted by Crippen LogP contribution is 2.33. The highest BCUT2D eigenvalue weighted by Gasteiger charge is 2.30. The molecule has 0 radical (unpaired) electrons. The van der Waals surface area contributed by atoms with Crippen LogP contribution in [0.25, 0.3) is 0 Å². The van der Waals surface area contributed by atoms with Crippen LogP contribution in [-0.2, 0) is 13.7 Å². The molecule has 114 valence electrons. The van der Waals surface area contributed by atoms with Crippen LogP contribution < -0.4 is 0 Å². The summed E-state index contributed by atoms with van der Waals surface area (Å²) in [5.74, 6) is -0.270. The van der Waals surface area contributed by atoms with Crippen LogP contribution in [0.15, 0.2) is 0 Å². The van der Waals surface area contributed by atoms with Gasteiger partial charge in [0.25, 0.3) is 0 Å². The molecule has 0 saturated heterocycles. The average Bonchev–Trinajstić information content (AvgIpc) is 2.43. The van der Waals surface area contributed by atoms with Crippen LogP contribution in [0, 0.1) is 0 Å². The maximum absolute atomic E-state index is 12.0. The van der Waals surface area contributed by atoms with E-state index < -0.39 is 6.10 Å². The molecule has 0 aromatic carbocycles. The smallest absolute Gasteiger partial charge is 0.336 e. The van der Waals surface area contributed by atoms with Crippen molar-refractivity contribution in [3.8, 4) is 0 Å². The zero-order chi connectivity index (χ0) is 15.1. The Morgan fingerprint density at radius 1 is 1.05 bits per heavy atom. The lowest BCUT2D eigenvalue weighted by atomic mass is 10.0. The van der Waals surface area contributed by atoms with E-state index in [1.165, 1.54) is 12.0 Å². The lowest BCUT2D eigenvalue weighted by Crippen LogP contribution is -2.35. The summed E-state index contributed by atoms with van der Waals surface area (Å²) in [6.07, 6.45) is 3.13. The van der Waals surface area contributed by atoms with Gasteiger partial charge in [-0.1, -0.05) is 27.7 Å². The third-order valence-electron chi connectivity index (χ3n) is 4.06. The van der Waals surface area contributed by atoms with Crippen molar-refractivity contribution < 1.29 is 13.7 Å². The second kappa shape index (κ2) is 8.15. The van der Waals surface area contributed by atoms with Crippen LogP contribution in [0.4, 0.5) is 0 Å². The molecule has 19 heavy (non-hydrogen) atoms. The van der Waals surface area contributed by atoms with Crippen molar-refractivity contribution in [3.63, 3.8) is 0 Å². The summed E-state index contributed by atoms with van der Waals surface area (Å²) in [4.78, 5) is 12.0. The minimum atomic E-state index is -0.528. The molecule has 3 nitrogen and oxygen atoms in total. The first-order chi connectivity index (χ1) is 8.75. The molecule has 0 aliphatic carbocycles. The maximum atomic E-state index is 12.0. The predicted molar refractivity (Wildman–Crippen MR) is 82.2 cm³/mol. The van der Waals surface area contributed by atoms with Gasteiger partial charge < -0.3 is 8.92 Å². The van der Waals surface area contributed by atoms with Crippen molar-refractivity contribution in [2.75, 3.05) is 0 Å². The highest BCUT2D eigenvalue weighted by atomic mass is 32.2. The largest absolute Gasteiger partial charge is 0.457 e. The van der Waals surface area contributed by atoms with Crippen molar-refractivity contribution in [1.29, 1.82) is 0 Å². The molecule has 0 aliphatic heterocycles. The number of ether oxygens (including phenoxy) is 1. The van der Waals surface area contributed by atoms with Crippen molar-refractivity contribution >= 4 is 18.0 Å². The number of carbonyl (C=O) groups excluding carboxylic acids is 1. The van der Waals surface area contributed by atoms with Gasteiger partial charge in [0, 0.05) is 4.75 Å². The Balaban J connectivity index is 4.36. The second-order valence-corrected chi connectivity index (χ2v) is 6.90. The lowest BCUT2D eigenvalue weighted by Gasteiger charge is -2.30. The van der Waals surface area contributed by atoms with E-state index in [-0.39, 0.29) is 16.3 Å². The number of hydrogen-bond acceptors (Lipinski definition) is 4. The number of esters is 1. The normalized spacial score (nSPS) is 14.3. The molecule has 1 unspecified atom stereocenters. The summed E-state index contributed by atoms with van der Waals surface area (Å²) >= 11 is 1.40. The van der Waals surface area contributed by atoms with Crippen LogP contribution >= 0.6 is 12.0 Å². The summed E-state index contributed by atoms with van der Waals surface area (Å²) in [5, 5.41) is 0. The average molecular weight is 290 g/mol. The molecule has 0 rings (SSSR count). The fourth-order valence-electron chi connectivity index (χ4n) is 1.32. The Labute approximate surface area is 123 Å². The van der Waals surface area contributed by atoms with Gasteiger partial charge >= 0.3 is 5.97 Å². The van der Waals surface area contributed by atoms with E-state index >= 15 is 0 Å². The highest BCUT2D eigenvalue weighted by molar-refractivity contribution is 7.96. The first-order valence-corrected chi connectivity index (χ1v) is 8.07. The molecule has 0 amide bonds. The molecule has 0 N–H and O–H groups in total. The Morgan fingerprint density at radius 3 is 1.89 bits per heavy atom. The second-order valence-electron chi connectivity index (χ2n) is 5.56. The zero-order valence-corrected chi connectivity index (χ0v) is 14.4. The summed E-state index contributed by atoms with van der Waals surface area (Å²) in [6, 6.07) is 0. The van der Waals surface area contributed by atoms with Gasteiger partial charge in [-0.05, 0) is 58.5 Å². The monoisotopic (exact) mass is 290 g/mol. The van der Waals surface area contributed by atoms with Crippen LogP contribution in [0.2, 0.25) is 0 Å². The van der Waals surface area contributed by atoms with Crippen molar-refractivity contribution in [3.05, 3.63) is 0 Å². The van der Waals surface area contributed by atoms with Crippen LogP contribution in [0.5, 0.6) is 0 Å². The van der Waals surface area contributed by atoms with E-state index in [0.717, 1.165) is 25.7 Å². The molecule has 0 heterocycles. The SMILES string of the molecule is CCC(C)(CC)OC(=O)C(C)OSC(C)(CC)CC.